The summed E-state index contributed by atoms with van der Waals surface area (Å²) < 4.78 is 52.0. The van der Waals surface area contributed by atoms with E-state index in [-0.39, 0.29) is 5.69 Å². The average molecular weight is 393 g/mol. The van der Waals surface area contributed by atoms with Crippen LogP contribution in [0, 0.1) is 17.1 Å². The van der Waals surface area contributed by atoms with E-state index >= 15 is 0 Å². The van der Waals surface area contributed by atoms with Gasteiger partial charge in [0.1, 0.15) is 11.9 Å². The van der Waals surface area contributed by atoms with E-state index in [1.54, 1.807) is 0 Å². The van der Waals surface area contributed by atoms with Crippen LogP contribution < -0.4 is 5.32 Å². The third-order valence-electron chi connectivity index (χ3n) is 3.76. The maximum Gasteiger partial charge on any atom is 0.417 e. The molecule has 4 nitrogen and oxygen atoms in total. The Morgan fingerprint density at radius 1 is 1.22 bits per heavy atom. The second kappa shape index (κ2) is 7.40. The van der Waals surface area contributed by atoms with Crippen LogP contribution in [0.1, 0.15) is 16.7 Å². The standard InChI is InChI=1S/C18H11F4N3OS/c19-12-4-1-10(2-5-12)17-25-15(9-27-17)16(26)24-13-6-3-11(8-23)14(7-13)18(20,21)22/h1-7,15H,9H2,(H,24,26). The lowest BCUT2D eigenvalue weighted by Crippen LogP contribution is -2.26. The van der Waals surface area contributed by atoms with Crippen LogP contribution in [0.5, 0.6) is 0 Å². The molecule has 9 heteroatoms. The zero-order chi connectivity index (χ0) is 19.6. The summed E-state index contributed by atoms with van der Waals surface area (Å²) in [7, 11) is 0. The molecular weight excluding hydrogens is 382 g/mol. The van der Waals surface area contributed by atoms with Crippen LogP contribution in [-0.4, -0.2) is 22.7 Å². The minimum Gasteiger partial charge on any atom is -0.324 e. The first kappa shape index (κ1) is 18.9. The summed E-state index contributed by atoms with van der Waals surface area (Å²) in [6.07, 6.45) is -4.71. The van der Waals surface area contributed by atoms with Gasteiger partial charge in [-0.1, -0.05) is 0 Å². The molecule has 0 radical (unpaired) electrons. The quantitative estimate of drug-likeness (QED) is 0.795. The van der Waals surface area contributed by atoms with Crippen molar-refractivity contribution in [2.45, 2.75) is 12.2 Å². The number of carbonyl (C=O) groups is 1. The van der Waals surface area contributed by atoms with Gasteiger partial charge in [0.2, 0.25) is 5.91 Å². The highest BCUT2D eigenvalue weighted by molar-refractivity contribution is 8.14. The van der Waals surface area contributed by atoms with Crippen molar-refractivity contribution in [1.29, 1.82) is 5.26 Å². The molecule has 0 aliphatic carbocycles. The summed E-state index contributed by atoms with van der Waals surface area (Å²) in [4.78, 5) is 16.6. The third kappa shape index (κ3) is 4.28. The fourth-order valence-electron chi connectivity index (χ4n) is 2.44. The zero-order valence-electron chi connectivity index (χ0n) is 13.5. The molecular formula is C18H11F4N3OS. The molecule has 1 unspecified atom stereocenters. The molecule has 2 aromatic carbocycles. The number of thioether (sulfide) groups is 1. The number of nitrogens with zero attached hydrogens (tertiary/aromatic N) is 2. The fourth-order valence-corrected chi connectivity index (χ4v) is 3.48. The Labute approximate surface area is 155 Å². The fraction of sp³-hybridized carbons (Fsp3) is 0.167. The van der Waals surface area contributed by atoms with Gasteiger partial charge in [-0.2, -0.15) is 18.4 Å². The molecule has 2 aromatic rings. The summed E-state index contributed by atoms with van der Waals surface area (Å²) in [6, 6.07) is 9.31. The smallest absolute Gasteiger partial charge is 0.324 e. The number of benzene rings is 2. The number of hydrogen-bond acceptors (Lipinski definition) is 4. The van der Waals surface area contributed by atoms with E-state index < -0.39 is 35.1 Å². The molecule has 1 atom stereocenters. The van der Waals surface area contributed by atoms with Gasteiger partial charge in [-0.25, -0.2) is 4.39 Å². The molecule has 0 saturated heterocycles. The molecule has 3 rings (SSSR count). The summed E-state index contributed by atoms with van der Waals surface area (Å²) >= 11 is 1.31. The Hall–Kier alpha value is -2.86. The van der Waals surface area contributed by atoms with Gasteiger partial charge < -0.3 is 5.32 Å². The molecule has 1 amide bonds. The van der Waals surface area contributed by atoms with Crippen LogP contribution in [0.25, 0.3) is 0 Å². The first-order valence-electron chi connectivity index (χ1n) is 7.66. The van der Waals surface area contributed by atoms with Crippen molar-refractivity contribution < 1.29 is 22.4 Å². The van der Waals surface area contributed by atoms with Crippen molar-refractivity contribution in [2.24, 2.45) is 4.99 Å². The predicted molar refractivity (Wildman–Crippen MR) is 94.0 cm³/mol. The van der Waals surface area contributed by atoms with Crippen LogP contribution in [0.15, 0.2) is 47.5 Å². The molecule has 1 aliphatic rings. The van der Waals surface area contributed by atoms with Crippen molar-refractivity contribution in [3.05, 3.63) is 65.0 Å². The van der Waals surface area contributed by atoms with E-state index in [0.29, 0.717) is 16.4 Å². The van der Waals surface area contributed by atoms with Crippen LogP contribution in [0.3, 0.4) is 0 Å². The Balaban J connectivity index is 1.76. The van der Waals surface area contributed by atoms with Gasteiger partial charge in [0.25, 0.3) is 0 Å². The predicted octanol–water partition coefficient (Wildman–Crippen LogP) is 4.22. The maximum atomic E-state index is 13.0. The number of hydrogen-bond donors (Lipinski definition) is 1. The number of aliphatic imine (C=N–C) groups is 1. The van der Waals surface area contributed by atoms with E-state index in [2.05, 4.69) is 10.3 Å². The third-order valence-corrected chi connectivity index (χ3v) is 4.85. The minimum atomic E-state index is -4.71. The van der Waals surface area contributed by atoms with E-state index in [0.717, 1.165) is 12.1 Å². The van der Waals surface area contributed by atoms with Gasteiger partial charge in [0.15, 0.2) is 0 Å². The second-order valence-electron chi connectivity index (χ2n) is 5.63. The Kier molecular flexibility index (Phi) is 5.19. The number of alkyl halides is 3. The van der Waals surface area contributed by atoms with E-state index in [9.17, 15) is 22.4 Å². The van der Waals surface area contributed by atoms with Crippen LogP contribution in [0.2, 0.25) is 0 Å². The summed E-state index contributed by atoms with van der Waals surface area (Å²) in [5.74, 6) is -0.628. The maximum absolute atomic E-state index is 13.0. The highest BCUT2D eigenvalue weighted by Gasteiger charge is 2.34. The van der Waals surface area contributed by atoms with Crippen molar-refractivity contribution in [3.63, 3.8) is 0 Å². The van der Waals surface area contributed by atoms with Gasteiger partial charge in [0, 0.05) is 17.0 Å². The summed E-state index contributed by atoms with van der Waals surface area (Å²) in [5.41, 5.74) is -1.04. The van der Waals surface area contributed by atoms with Crippen LogP contribution in [-0.2, 0) is 11.0 Å². The van der Waals surface area contributed by atoms with Gasteiger partial charge in [-0.05, 0) is 42.5 Å². The molecule has 1 heterocycles. The largest absolute Gasteiger partial charge is 0.417 e. The molecule has 0 aromatic heterocycles. The lowest BCUT2D eigenvalue weighted by Gasteiger charge is -2.12. The van der Waals surface area contributed by atoms with Crippen molar-refractivity contribution in [2.75, 3.05) is 11.1 Å². The number of nitriles is 1. The Morgan fingerprint density at radius 3 is 2.56 bits per heavy atom. The van der Waals surface area contributed by atoms with Crippen molar-refractivity contribution >= 4 is 28.4 Å². The first-order chi connectivity index (χ1) is 12.8. The summed E-state index contributed by atoms with van der Waals surface area (Å²) in [5, 5.41) is 11.8. The Bertz CT molecular complexity index is 949. The monoisotopic (exact) mass is 393 g/mol. The number of amides is 1. The molecule has 27 heavy (non-hydrogen) atoms. The molecule has 0 fully saturated rings. The van der Waals surface area contributed by atoms with Gasteiger partial charge in [-0.3, -0.25) is 9.79 Å². The zero-order valence-corrected chi connectivity index (χ0v) is 14.4. The first-order valence-corrected chi connectivity index (χ1v) is 8.65. The molecule has 0 saturated carbocycles. The number of rotatable bonds is 3. The lowest BCUT2D eigenvalue weighted by molar-refractivity contribution is -0.137. The lowest BCUT2D eigenvalue weighted by atomic mass is 10.1. The molecule has 138 valence electrons. The van der Waals surface area contributed by atoms with Gasteiger partial charge in [-0.15, -0.1) is 11.8 Å². The minimum absolute atomic E-state index is 0.0678. The molecule has 1 aliphatic heterocycles. The highest BCUT2D eigenvalue weighted by atomic mass is 32.2. The van der Waals surface area contributed by atoms with Crippen molar-refractivity contribution in [3.8, 4) is 6.07 Å². The summed E-state index contributed by atoms with van der Waals surface area (Å²) in [6.45, 7) is 0. The normalized spacial score (nSPS) is 16.6. The topological polar surface area (TPSA) is 65.2 Å². The van der Waals surface area contributed by atoms with E-state index in [4.69, 9.17) is 5.26 Å². The van der Waals surface area contributed by atoms with Crippen LogP contribution in [0.4, 0.5) is 23.2 Å². The van der Waals surface area contributed by atoms with E-state index in [1.807, 2.05) is 0 Å². The van der Waals surface area contributed by atoms with E-state index in [1.165, 1.54) is 48.2 Å². The number of halogens is 4. The second-order valence-corrected chi connectivity index (χ2v) is 6.64. The number of carbonyl (C=O) groups excluding carboxylic acids is 1. The highest BCUT2D eigenvalue weighted by Crippen LogP contribution is 2.33. The number of anilines is 1. The number of nitrogens with one attached hydrogen (secondary N) is 1. The molecule has 1 N–H and O–H groups in total. The van der Waals surface area contributed by atoms with Crippen LogP contribution >= 0.6 is 11.8 Å². The van der Waals surface area contributed by atoms with Gasteiger partial charge >= 0.3 is 6.18 Å². The average Bonchev–Trinajstić information content (AvgIpc) is 3.12. The Morgan fingerprint density at radius 2 is 1.93 bits per heavy atom. The van der Waals surface area contributed by atoms with Gasteiger partial charge in [0.05, 0.1) is 22.2 Å². The molecule has 0 spiro atoms. The SMILES string of the molecule is N#Cc1ccc(NC(=O)C2CSC(c3ccc(F)cc3)=N2)cc1C(F)(F)F. The van der Waals surface area contributed by atoms with Crippen molar-refractivity contribution in [1.82, 2.24) is 0 Å². The molecule has 0 bridgehead atoms.